The molecule has 3 aliphatic carbocycles. The van der Waals surface area contributed by atoms with Crippen molar-refractivity contribution in [3.05, 3.63) is 0 Å². The van der Waals surface area contributed by atoms with Crippen molar-refractivity contribution in [1.82, 2.24) is 0 Å². The van der Waals surface area contributed by atoms with E-state index in [1.807, 2.05) is 0 Å². The summed E-state index contributed by atoms with van der Waals surface area (Å²) < 4.78 is 6.16. The molecule has 0 aromatic heterocycles. The molecule has 0 heterocycles. The van der Waals surface area contributed by atoms with Crippen molar-refractivity contribution >= 4 is 5.97 Å². The van der Waals surface area contributed by atoms with Crippen molar-refractivity contribution in [1.29, 1.82) is 0 Å². The lowest BCUT2D eigenvalue weighted by molar-refractivity contribution is -0.158. The van der Waals surface area contributed by atoms with E-state index in [2.05, 4.69) is 41.5 Å². The van der Waals surface area contributed by atoms with E-state index in [0.717, 1.165) is 36.5 Å². The van der Waals surface area contributed by atoms with E-state index in [4.69, 9.17) is 4.74 Å². The van der Waals surface area contributed by atoms with Crippen LogP contribution < -0.4 is 0 Å². The fourth-order valence-electron chi connectivity index (χ4n) is 6.21. The summed E-state index contributed by atoms with van der Waals surface area (Å²) in [5.74, 6) is 5.96. The summed E-state index contributed by atoms with van der Waals surface area (Å²) in [6.07, 6.45) is 8.90. The smallest absolute Gasteiger partial charge is 0.309 e. The summed E-state index contributed by atoms with van der Waals surface area (Å²) in [6.45, 7) is 14.0. The third-order valence-corrected chi connectivity index (χ3v) is 7.99. The zero-order valence-corrected chi connectivity index (χ0v) is 18.0. The Hall–Kier alpha value is -0.530. The Balaban J connectivity index is 1.59. The highest BCUT2D eigenvalue weighted by Crippen LogP contribution is 2.54. The lowest BCUT2D eigenvalue weighted by Gasteiger charge is -2.38. The van der Waals surface area contributed by atoms with Gasteiger partial charge in [-0.1, -0.05) is 54.4 Å². The minimum atomic E-state index is 0.139. The van der Waals surface area contributed by atoms with Gasteiger partial charge in [0.2, 0.25) is 0 Å². The van der Waals surface area contributed by atoms with Gasteiger partial charge in [-0.25, -0.2) is 0 Å². The third kappa shape index (κ3) is 4.47. The van der Waals surface area contributed by atoms with Crippen LogP contribution >= 0.6 is 0 Å². The predicted molar refractivity (Wildman–Crippen MR) is 108 cm³/mol. The maximum absolute atomic E-state index is 12.9. The molecule has 0 aliphatic heterocycles. The fourth-order valence-corrected chi connectivity index (χ4v) is 6.21. The highest BCUT2D eigenvalue weighted by molar-refractivity contribution is 5.76. The van der Waals surface area contributed by atoms with Gasteiger partial charge in [0.15, 0.2) is 0 Å². The van der Waals surface area contributed by atoms with E-state index in [0.29, 0.717) is 23.7 Å². The van der Waals surface area contributed by atoms with Gasteiger partial charge in [0, 0.05) is 0 Å². The maximum atomic E-state index is 12.9. The first-order chi connectivity index (χ1) is 12.3. The lowest BCUT2D eigenvalue weighted by atomic mass is 9.68. The summed E-state index contributed by atoms with van der Waals surface area (Å²) in [6, 6.07) is 0. The number of carbonyl (C=O) groups is 1. The van der Waals surface area contributed by atoms with Crippen LogP contribution in [0.25, 0.3) is 0 Å². The van der Waals surface area contributed by atoms with Crippen LogP contribution in [0.3, 0.4) is 0 Å². The molecule has 3 rings (SSSR count). The van der Waals surface area contributed by atoms with E-state index >= 15 is 0 Å². The Kier molecular flexibility index (Phi) is 6.40. The molecule has 3 aliphatic rings. The second-order valence-electron chi connectivity index (χ2n) is 10.8. The minimum absolute atomic E-state index is 0.139. The second kappa shape index (κ2) is 8.23. The highest BCUT2D eigenvalue weighted by Gasteiger charge is 2.52. The van der Waals surface area contributed by atoms with E-state index in [9.17, 15) is 4.79 Å². The van der Waals surface area contributed by atoms with Crippen molar-refractivity contribution in [2.24, 2.45) is 53.3 Å². The minimum Gasteiger partial charge on any atom is -0.462 e. The Morgan fingerprint density at radius 1 is 0.769 bits per heavy atom. The van der Waals surface area contributed by atoms with Gasteiger partial charge < -0.3 is 4.74 Å². The van der Waals surface area contributed by atoms with Crippen LogP contribution in [-0.2, 0) is 9.53 Å². The molecule has 2 nitrogen and oxygen atoms in total. The largest absolute Gasteiger partial charge is 0.462 e. The molecule has 8 atom stereocenters. The van der Waals surface area contributed by atoms with Gasteiger partial charge in [0.1, 0.15) is 6.10 Å². The van der Waals surface area contributed by atoms with Gasteiger partial charge >= 0.3 is 5.97 Å². The Morgan fingerprint density at radius 3 is 1.96 bits per heavy atom. The second-order valence-corrected chi connectivity index (χ2v) is 10.8. The number of esters is 1. The molecular formula is C24H42O2. The number of ether oxygens (including phenoxy) is 1. The van der Waals surface area contributed by atoms with Crippen molar-refractivity contribution in [2.75, 3.05) is 0 Å². The van der Waals surface area contributed by atoms with Crippen LogP contribution in [0, 0.1) is 53.3 Å². The van der Waals surface area contributed by atoms with Gasteiger partial charge in [-0.2, -0.15) is 0 Å². The van der Waals surface area contributed by atoms with Gasteiger partial charge in [0.05, 0.1) is 5.92 Å². The Bertz CT molecular complexity index is 483. The van der Waals surface area contributed by atoms with Crippen LogP contribution in [0.1, 0.15) is 86.5 Å². The Morgan fingerprint density at radius 2 is 1.35 bits per heavy atom. The number of hydrogen-bond acceptors (Lipinski definition) is 2. The molecule has 0 radical (unpaired) electrons. The summed E-state index contributed by atoms with van der Waals surface area (Å²) >= 11 is 0. The van der Waals surface area contributed by atoms with Crippen molar-refractivity contribution < 1.29 is 9.53 Å². The number of hydrogen-bond donors (Lipinski definition) is 0. The first-order valence-corrected chi connectivity index (χ1v) is 11.5. The molecule has 0 aromatic rings. The number of rotatable bonds is 5. The van der Waals surface area contributed by atoms with Crippen molar-refractivity contribution in [2.45, 2.75) is 92.6 Å². The Labute approximate surface area is 161 Å². The van der Waals surface area contributed by atoms with Gasteiger partial charge in [-0.05, 0) is 79.4 Å². The predicted octanol–water partition coefficient (Wildman–Crippen LogP) is 6.33. The molecule has 0 amide bonds. The molecule has 2 heteroatoms. The van der Waals surface area contributed by atoms with E-state index in [1.165, 1.54) is 32.1 Å². The molecule has 0 bridgehead atoms. The zero-order chi connectivity index (χ0) is 19.0. The van der Waals surface area contributed by atoms with E-state index < -0.39 is 0 Å². The molecule has 0 saturated heterocycles. The summed E-state index contributed by atoms with van der Waals surface area (Å²) in [5, 5.41) is 0. The zero-order valence-electron chi connectivity index (χ0n) is 18.0. The van der Waals surface area contributed by atoms with Crippen LogP contribution in [0.4, 0.5) is 0 Å². The quantitative estimate of drug-likeness (QED) is 0.534. The number of carbonyl (C=O) groups excluding carboxylic acids is 1. The van der Waals surface area contributed by atoms with Gasteiger partial charge in [-0.3, -0.25) is 4.79 Å². The summed E-state index contributed by atoms with van der Waals surface area (Å²) in [4.78, 5) is 12.9. The molecule has 26 heavy (non-hydrogen) atoms. The van der Waals surface area contributed by atoms with Crippen LogP contribution in [0.2, 0.25) is 0 Å². The first-order valence-electron chi connectivity index (χ1n) is 11.5. The van der Waals surface area contributed by atoms with Crippen LogP contribution in [0.15, 0.2) is 0 Å². The highest BCUT2D eigenvalue weighted by atomic mass is 16.5. The monoisotopic (exact) mass is 362 g/mol. The molecule has 3 saturated carbocycles. The van der Waals surface area contributed by atoms with Gasteiger partial charge in [0.25, 0.3) is 0 Å². The molecule has 3 fully saturated rings. The topological polar surface area (TPSA) is 26.3 Å². The normalized spacial score (nSPS) is 43.5. The van der Waals surface area contributed by atoms with E-state index in [1.54, 1.807) is 0 Å². The molecule has 0 aromatic carbocycles. The van der Waals surface area contributed by atoms with Crippen molar-refractivity contribution in [3.8, 4) is 0 Å². The summed E-state index contributed by atoms with van der Waals surface area (Å²) in [5.41, 5.74) is 0. The maximum Gasteiger partial charge on any atom is 0.309 e. The molecule has 150 valence electrons. The van der Waals surface area contributed by atoms with E-state index in [-0.39, 0.29) is 18.0 Å². The lowest BCUT2D eigenvalue weighted by Crippen LogP contribution is -2.36. The average molecular weight is 363 g/mol. The fraction of sp³-hybridized carbons (Fsp3) is 0.958. The van der Waals surface area contributed by atoms with Crippen molar-refractivity contribution in [3.63, 3.8) is 0 Å². The first kappa shape index (κ1) is 20.2. The standard InChI is InChI=1S/C24H42O2/c1-14(2)18-9-7-16(5)11-20(18)21-13-22(21)24(25)26-23-12-17(6)8-10-19(23)15(3)4/h14-23H,7-13H2,1-6H3/t16?,17-,18?,19+,20?,21+,22-,23-/m1/s1. The SMILES string of the molecule is CC1CCC(C(C)C)C([C@@H]2C[C@H]2C(=O)O[C@@H]2C[C@H](C)CC[C@H]2C(C)C)C1. The summed E-state index contributed by atoms with van der Waals surface area (Å²) in [7, 11) is 0. The van der Waals surface area contributed by atoms with Gasteiger partial charge in [-0.15, -0.1) is 0 Å². The molecule has 0 spiro atoms. The van der Waals surface area contributed by atoms with Crippen LogP contribution in [-0.4, -0.2) is 12.1 Å². The molecular weight excluding hydrogens is 320 g/mol. The average Bonchev–Trinajstić information content (AvgIpc) is 3.34. The molecule has 3 unspecified atom stereocenters. The van der Waals surface area contributed by atoms with Crippen LogP contribution in [0.5, 0.6) is 0 Å². The molecule has 0 N–H and O–H groups in total. The third-order valence-electron chi connectivity index (χ3n) is 7.99.